The Morgan fingerprint density at radius 1 is 1.20 bits per heavy atom. The molecule has 0 aliphatic heterocycles. The minimum Gasteiger partial charge on any atom is -0.374 e. The van der Waals surface area contributed by atoms with Crippen LogP contribution in [0.25, 0.3) is 0 Å². The summed E-state index contributed by atoms with van der Waals surface area (Å²) in [7, 11) is 0. The minimum atomic E-state index is -0.970. The van der Waals surface area contributed by atoms with E-state index in [1.165, 1.54) is 13.8 Å². The first-order valence-electron chi connectivity index (χ1n) is 4.23. The van der Waals surface area contributed by atoms with Gasteiger partial charge in [-0.05, 0) is 25.4 Å². The van der Waals surface area contributed by atoms with Gasteiger partial charge in [-0.2, -0.15) is 15.0 Å². The summed E-state index contributed by atoms with van der Waals surface area (Å²) in [5.74, 6) is -0.0474. The number of nitrogens with two attached hydrogens (primary N) is 1. The number of anilines is 2. The highest BCUT2D eigenvalue weighted by molar-refractivity contribution is 6.28. The van der Waals surface area contributed by atoms with Crippen molar-refractivity contribution in [3.8, 4) is 0 Å². The van der Waals surface area contributed by atoms with Gasteiger partial charge in [0.05, 0.1) is 0 Å². The lowest BCUT2D eigenvalue weighted by Gasteiger charge is -2.27. The molecule has 8 heteroatoms. The molecule has 84 valence electrons. The predicted molar refractivity (Wildman–Crippen MR) is 55.1 cm³/mol. The molecule has 0 aliphatic rings. The van der Waals surface area contributed by atoms with Crippen molar-refractivity contribution in [2.24, 2.45) is 0 Å². The van der Waals surface area contributed by atoms with Crippen molar-refractivity contribution in [3.63, 3.8) is 0 Å². The first-order valence-corrected chi connectivity index (χ1v) is 4.61. The molecule has 1 aromatic heterocycles. The van der Waals surface area contributed by atoms with Crippen LogP contribution in [0.3, 0.4) is 0 Å². The van der Waals surface area contributed by atoms with Crippen LogP contribution in [0.5, 0.6) is 0 Å². The Labute approximate surface area is 91.5 Å². The van der Waals surface area contributed by atoms with Crippen LogP contribution in [0.4, 0.5) is 11.9 Å². The third kappa shape index (κ3) is 2.88. The van der Waals surface area contributed by atoms with E-state index in [1.807, 2.05) is 0 Å². The first kappa shape index (κ1) is 11.9. The van der Waals surface area contributed by atoms with Crippen LogP contribution in [-0.2, 0) is 0 Å². The molecule has 2 atom stereocenters. The van der Waals surface area contributed by atoms with Gasteiger partial charge >= 0.3 is 0 Å². The second kappa shape index (κ2) is 4.56. The predicted octanol–water partition coefficient (Wildman–Crippen LogP) is -0.410. The van der Waals surface area contributed by atoms with Gasteiger partial charge in [0.15, 0.2) is 0 Å². The Morgan fingerprint density at radius 3 is 2.13 bits per heavy atom. The highest BCUT2D eigenvalue weighted by Crippen LogP contribution is 2.15. The van der Waals surface area contributed by atoms with Crippen LogP contribution < -0.4 is 10.6 Å². The Morgan fingerprint density at radius 2 is 1.73 bits per heavy atom. The van der Waals surface area contributed by atoms with E-state index in [-0.39, 0.29) is 17.2 Å². The van der Waals surface area contributed by atoms with Crippen LogP contribution in [0, 0.1) is 0 Å². The lowest BCUT2D eigenvalue weighted by atomic mass is 10.4. The molecule has 1 rings (SSSR count). The fourth-order valence-corrected chi connectivity index (χ4v) is 1.28. The number of aromatic nitrogens is 3. The van der Waals surface area contributed by atoms with E-state index in [4.69, 9.17) is 17.3 Å². The molecule has 15 heavy (non-hydrogen) atoms. The van der Waals surface area contributed by atoms with Crippen molar-refractivity contribution in [2.45, 2.75) is 26.3 Å². The molecule has 4 N–H and O–H groups in total. The quantitative estimate of drug-likeness (QED) is 0.609. The molecule has 0 aromatic carbocycles. The van der Waals surface area contributed by atoms with E-state index in [2.05, 4.69) is 15.0 Å². The molecular formula is C7H12ClN5O2. The van der Waals surface area contributed by atoms with Crippen LogP contribution in [0.15, 0.2) is 0 Å². The number of rotatable bonds is 3. The molecule has 0 aliphatic carbocycles. The van der Waals surface area contributed by atoms with Crippen LogP contribution >= 0.6 is 11.6 Å². The summed E-state index contributed by atoms with van der Waals surface area (Å²) < 4.78 is 0. The van der Waals surface area contributed by atoms with Gasteiger partial charge in [0.1, 0.15) is 12.5 Å². The lowest BCUT2D eigenvalue weighted by molar-refractivity contribution is 0.103. The molecule has 7 nitrogen and oxygen atoms in total. The van der Waals surface area contributed by atoms with Crippen molar-refractivity contribution in [2.75, 3.05) is 10.6 Å². The Balaban J connectivity index is 3.11. The molecule has 0 spiro atoms. The highest BCUT2D eigenvalue weighted by Gasteiger charge is 2.20. The topological polar surface area (TPSA) is 108 Å². The molecule has 0 saturated heterocycles. The molecule has 0 fully saturated rings. The largest absolute Gasteiger partial charge is 0.374 e. The molecule has 1 heterocycles. The third-order valence-electron chi connectivity index (χ3n) is 1.65. The Kier molecular flexibility index (Phi) is 3.61. The van der Waals surface area contributed by atoms with E-state index < -0.39 is 12.5 Å². The molecule has 1 aromatic rings. The fraction of sp³-hybridized carbons (Fsp3) is 0.571. The zero-order valence-electron chi connectivity index (χ0n) is 8.29. The van der Waals surface area contributed by atoms with Crippen LogP contribution in [0.1, 0.15) is 13.8 Å². The third-order valence-corrected chi connectivity index (χ3v) is 1.82. The van der Waals surface area contributed by atoms with E-state index in [0.717, 1.165) is 4.90 Å². The van der Waals surface area contributed by atoms with E-state index in [9.17, 15) is 10.2 Å². The second-order valence-corrected chi connectivity index (χ2v) is 3.27. The lowest BCUT2D eigenvalue weighted by Crippen LogP contribution is -2.41. The van der Waals surface area contributed by atoms with Crippen molar-refractivity contribution >= 4 is 23.5 Å². The summed E-state index contributed by atoms with van der Waals surface area (Å²) in [5.41, 5.74) is 5.36. The van der Waals surface area contributed by atoms with Crippen molar-refractivity contribution in [3.05, 3.63) is 5.28 Å². The zero-order chi connectivity index (χ0) is 11.6. The number of hydrogen-bond acceptors (Lipinski definition) is 7. The standard InChI is InChI=1S/C7H12ClN5O2/c1-3(14)13(4(2)15)7-11-5(8)10-6(9)12-7/h3-4,14-15H,1-2H3,(H2,9,10,11,12). The SMILES string of the molecule is CC(O)N(c1nc(N)nc(Cl)n1)C(C)O. The summed E-state index contributed by atoms with van der Waals surface area (Å²) in [6, 6.07) is 0. The second-order valence-electron chi connectivity index (χ2n) is 2.93. The van der Waals surface area contributed by atoms with Crippen molar-refractivity contribution < 1.29 is 10.2 Å². The van der Waals surface area contributed by atoms with Gasteiger partial charge in [0, 0.05) is 0 Å². The smallest absolute Gasteiger partial charge is 0.235 e. The van der Waals surface area contributed by atoms with Gasteiger partial charge in [-0.1, -0.05) is 0 Å². The molecule has 0 amide bonds. The van der Waals surface area contributed by atoms with Gasteiger partial charge in [0.25, 0.3) is 0 Å². The number of nitrogen functional groups attached to an aromatic ring is 1. The summed E-state index contributed by atoms with van der Waals surface area (Å²) >= 11 is 5.57. The highest BCUT2D eigenvalue weighted by atomic mass is 35.5. The number of aliphatic hydroxyl groups excluding tert-OH is 2. The normalized spacial score (nSPS) is 14.7. The minimum absolute atomic E-state index is 0.0255. The molecule has 2 unspecified atom stereocenters. The van der Waals surface area contributed by atoms with Gasteiger partial charge in [-0.25, -0.2) is 0 Å². The van der Waals surface area contributed by atoms with Crippen LogP contribution in [-0.4, -0.2) is 37.6 Å². The number of hydrogen-bond donors (Lipinski definition) is 3. The average molecular weight is 234 g/mol. The number of nitrogens with zero attached hydrogens (tertiary/aromatic N) is 4. The van der Waals surface area contributed by atoms with E-state index >= 15 is 0 Å². The maximum atomic E-state index is 9.40. The number of aliphatic hydroxyl groups is 2. The molecular weight excluding hydrogens is 222 g/mol. The van der Waals surface area contributed by atoms with E-state index in [1.54, 1.807) is 0 Å². The Bertz CT molecular complexity index is 318. The van der Waals surface area contributed by atoms with E-state index in [0.29, 0.717) is 0 Å². The molecule has 0 saturated carbocycles. The van der Waals surface area contributed by atoms with Gasteiger partial charge < -0.3 is 15.9 Å². The van der Waals surface area contributed by atoms with Gasteiger partial charge in [-0.3, -0.25) is 4.90 Å². The van der Waals surface area contributed by atoms with Crippen molar-refractivity contribution in [1.82, 2.24) is 15.0 Å². The summed E-state index contributed by atoms with van der Waals surface area (Å²) in [5, 5.41) is 18.7. The number of halogens is 1. The molecule has 0 radical (unpaired) electrons. The van der Waals surface area contributed by atoms with Crippen LogP contribution in [0.2, 0.25) is 5.28 Å². The average Bonchev–Trinajstić information content (AvgIpc) is 1.99. The van der Waals surface area contributed by atoms with Gasteiger partial charge in [-0.15, -0.1) is 0 Å². The first-order chi connectivity index (χ1) is 6.91. The fourth-order valence-electron chi connectivity index (χ4n) is 1.12. The monoisotopic (exact) mass is 233 g/mol. The summed E-state index contributed by atoms with van der Waals surface area (Å²) in [4.78, 5) is 12.2. The zero-order valence-corrected chi connectivity index (χ0v) is 9.05. The summed E-state index contributed by atoms with van der Waals surface area (Å²) in [6.45, 7) is 2.92. The Hall–Kier alpha value is -1.18. The van der Waals surface area contributed by atoms with Gasteiger partial charge in [0.2, 0.25) is 17.2 Å². The summed E-state index contributed by atoms with van der Waals surface area (Å²) in [6.07, 6.45) is -1.94. The van der Waals surface area contributed by atoms with Crippen molar-refractivity contribution in [1.29, 1.82) is 0 Å². The maximum Gasteiger partial charge on any atom is 0.235 e. The molecule has 0 bridgehead atoms. The maximum absolute atomic E-state index is 9.40.